The number of nitrogens with one attached hydrogen (secondary N) is 1. The number of fused-ring (bicyclic) bond motifs is 1. The lowest BCUT2D eigenvalue weighted by atomic mass is 10.0. The fourth-order valence-corrected chi connectivity index (χ4v) is 3.22. The molecule has 2 amide bonds. The van der Waals surface area contributed by atoms with Crippen LogP contribution >= 0.6 is 0 Å². The Balaban J connectivity index is 1.68. The van der Waals surface area contributed by atoms with Gasteiger partial charge in [0, 0.05) is 19.0 Å². The molecule has 0 aromatic heterocycles. The van der Waals surface area contributed by atoms with Crippen molar-refractivity contribution in [3.8, 4) is 0 Å². The van der Waals surface area contributed by atoms with Gasteiger partial charge in [-0.1, -0.05) is 30.3 Å². The predicted molar refractivity (Wildman–Crippen MR) is 76.0 cm³/mol. The normalized spacial score (nSPS) is 26.1. The minimum Gasteiger partial charge on any atom is -0.344 e. The molecule has 2 atom stereocenters. The van der Waals surface area contributed by atoms with E-state index in [0.717, 1.165) is 25.8 Å². The molecule has 0 spiro atoms. The second-order valence-corrected chi connectivity index (χ2v) is 5.68. The van der Waals surface area contributed by atoms with Crippen molar-refractivity contribution in [2.24, 2.45) is 0 Å². The molecule has 0 bridgehead atoms. The van der Waals surface area contributed by atoms with E-state index in [2.05, 4.69) is 17.4 Å². The molecule has 2 fully saturated rings. The third-order valence-corrected chi connectivity index (χ3v) is 4.28. The van der Waals surface area contributed by atoms with Crippen molar-refractivity contribution in [3.05, 3.63) is 35.9 Å². The fraction of sp³-hybridized carbons (Fsp3) is 0.500. The molecule has 2 aliphatic rings. The summed E-state index contributed by atoms with van der Waals surface area (Å²) in [4.78, 5) is 26.3. The van der Waals surface area contributed by atoms with Gasteiger partial charge in [0.05, 0.1) is 0 Å². The molecule has 106 valence electrons. The molecule has 0 aliphatic carbocycles. The van der Waals surface area contributed by atoms with Gasteiger partial charge in [-0.25, -0.2) is 0 Å². The van der Waals surface area contributed by atoms with Crippen molar-refractivity contribution in [1.82, 2.24) is 10.2 Å². The third-order valence-electron chi connectivity index (χ3n) is 4.28. The highest BCUT2D eigenvalue weighted by atomic mass is 16.2. The monoisotopic (exact) mass is 272 g/mol. The van der Waals surface area contributed by atoms with Crippen molar-refractivity contribution in [2.75, 3.05) is 6.54 Å². The molecule has 3 rings (SSSR count). The zero-order valence-electron chi connectivity index (χ0n) is 11.5. The van der Waals surface area contributed by atoms with Crippen LogP contribution in [0.25, 0.3) is 0 Å². The van der Waals surface area contributed by atoms with E-state index >= 15 is 0 Å². The second-order valence-electron chi connectivity index (χ2n) is 5.68. The molecule has 2 heterocycles. The van der Waals surface area contributed by atoms with Gasteiger partial charge in [0.15, 0.2) is 0 Å². The van der Waals surface area contributed by atoms with Crippen LogP contribution < -0.4 is 5.32 Å². The highest BCUT2D eigenvalue weighted by Gasteiger charge is 2.37. The summed E-state index contributed by atoms with van der Waals surface area (Å²) < 4.78 is 0. The molecule has 1 N–H and O–H groups in total. The minimum absolute atomic E-state index is 0.0193. The number of benzene rings is 1. The molecule has 4 nitrogen and oxygen atoms in total. The Morgan fingerprint density at radius 2 is 2.00 bits per heavy atom. The first-order valence-electron chi connectivity index (χ1n) is 7.38. The van der Waals surface area contributed by atoms with Crippen molar-refractivity contribution in [2.45, 2.75) is 44.2 Å². The Kier molecular flexibility index (Phi) is 3.72. The van der Waals surface area contributed by atoms with E-state index in [1.165, 1.54) is 5.56 Å². The summed E-state index contributed by atoms with van der Waals surface area (Å²) >= 11 is 0. The molecule has 1 aromatic carbocycles. The fourth-order valence-electron chi connectivity index (χ4n) is 3.22. The van der Waals surface area contributed by atoms with E-state index in [9.17, 15) is 9.59 Å². The quantitative estimate of drug-likeness (QED) is 0.906. The van der Waals surface area contributed by atoms with E-state index in [-0.39, 0.29) is 23.9 Å². The SMILES string of the molecule is O=C1CC2CCCN2C(=O)[C@@H](CCc2ccccc2)N1. The largest absolute Gasteiger partial charge is 0.344 e. The van der Waals surface area contributed by atoms with Crippen LogP contribution in [0.4, 0.5) is 0 Å². The van der Waals surface area contributed by atoms with Crippen molar-refractivity contribution < 1.29 is 9.59 Å². The van der Waals surface area contributed by atoms with Gasteiger partial charge in [-0.3, -0.25) is 9.59 Å². The van der Waals surface area contributed by atoms with Gasteiger partial charge in [0.2, 0.25) is 11.8 Å². The highest BCUT2D eigenvalue weighted by molar-refractivity contribution is 5.90. The lowest BCUT2D eigenvalue weighted by Crippen LogP contribution is -2.45. The van der Waals surface area contributed by atoms with E-state index in [1.807, 2.05) is 23.1 Å². The van der Waals surface area contributed by atoms with Crippen LogP contribution in [0.3, 0.4) is 0 Å². The van der Waals surface area contributed by atoms with Gasteiger partial charge < -0.3 is 10.2 Å². The number of aryl methyl sites for hydroxylation is 1. The first-order chi connectivity index (χ1) is 9.74. The summed E-state index contributed by atoms with van der Waals surface area (Å²) in [7, 11) is 0. The standard InChI is InChI=1S/C16H20N2O2/c19-15-11-13-7-4-10-18(13)16(20)14(17-15)9-8-12-5-2-1-3-6-12/h1-3,5-6,13-14H,4,7-11H2,(H,17,19)/t13?,14-/m1/s1. The van der Waals surface area contributed by atoms with Crippen LogP contribution in [0.2, 0.25) is 0 Å². The van der Waals surface area contributed by atoms with Crippen LogP contribution in [-0.2, 0) is 16.0 Å². The molecular formula is C16H20N2O2. The first-order valence-corrected chi connectivity index (χ1v) is 7.38. The Morgan fingerprint density at radius 1 is 1.20 bits per heavy atom. The number of rotatable bonds is 3. The summed E-state index contributed by atoms with van der Waals surface area (Å²) in [5, 5.41) is 2.90. The van der Waals surface area contributed by atoms with E-state index < -0.39 is 0 Å². The molecule has 2 saturated heterocycles. The summed E-state index contributed by atoms with van der Waals surface area (Å²) in [6.45, 7) is 0.806. The van der Waals surface area contributed by atoms with E-state index in [4.69, 9.17) is 0 Å². The number of hydrogen-bond donors (Lipinski definition) is 1. The maximum absolute atomic E-state index is 12.5. The van der Waals surface area contributed by atoms with Gasteiger partial charge in [-0.15, -0.1) is 0 Å². The van der Waals surface area contributed by atoms with Crippen LogP contribution in [-0.4, -0.2) is 35.3 Å². The summed E-state index contributed by atoms with van der Waals surface area (Å²) in [5.41, 5.74) is 1.21. The van der Waals surface area contributed by atoms with Crippen molar-refractivity contribution >= 4 is 11.8 Å². The molecule has 0 saturated carbocycles. The average Bonchev–Trinajstić information content (AvgIpc) is 2.87. The van der Waals surface area contributed by atoms with E-state index in [0.29, 0.717) is 12.8 Å². The molecule has 1 aromatic rings. The first kappa shape index (κ1) is 13.2. The maximum atomic E-state index is 12.5. The van der Waals surface area contributed by atoms with Crippen molar-refractivity contribution in [1.29, 1.82) is 0 Å². The Bertz CT molecular complexity index is 500. The van der Waals surface area contributed by atoms with Gasteiger partial charge in [0.25, 0.3) is 0 Å². The van der Waals surface area contributed by atoms with Gasteiger partial charge in [-0.2, -0.15) is 0 Å². The second kappa shape index (κ2) is 5.65. The number of carbonyl (C=O) groups excluding carboxylic acids is 2. The summed E-state index contributed by atoms with van der Waals surface area (Å²) in [6, 6.07) is 9.87. The topological polar surface area (TPSA) is 49.4 Å². The number of hydrogen-bond acceptors (Lipinski definition) is 2. The third kappa shape index (κ3) is 2.69. The Morgan fingerprint density at radius 3 is 2.80 bits per heavy atom. The number of amides is 2. The van der Waals surface area contributed by atoms with Gasteiger partial charge >= 0.3 is 0 Å². The molecule has 20 heavy (non-hydrogen) atoms. The number of carbonyl (C=O) groups is 2. The molecule has 4 heteroatoms. The highest BCUT2D eigenvalue weighted by Crippen LogP contribution is 2.24. The van der Waals surface area contributed by atoms with Crippen LogP contribution in [0.5, 0.6) is 0 Å². The van der Waals surface area contributed by atoms with Gasteiger partial charge in [0.1, 0.15) is 6.04 Å². The molecule has 0 radical (unpaired) electrons. The molecule has 2 aliphatic heterocycles. The predicted octanol–water partition coefficient (Wildman–Crippen LogP) is 1.50. The van der Waals surface area contributed by atoms with Gasteiger partial charge in [-0.05, 0) is 31.2 Å². The Labute approximate surface area is 119 Å². The Hall–Kier alpha value is -1.84. The zero-order chi connectivity index (χ0) is 13.9. The summed E-state index contributed by atoms with van der Waals surface area (Å²) in [5.74, 6) is 0.125. The van der Waals surface area contributed by atoms with Crippen LogP contribution in [0.15, 0.2) is 30.3 Å². The van der Waals surface area contributed by atoms with Crippen LogP contribution in [0.1, 0.15) is 31.2 Å². The molecule has 1 unspecified atom stereocenters. The number of nitrogens with zero attached hydrogens (tertiary/aromatic N) is 1. The zero-order valence-corrected chi connectivity index (χ0v) is 11.5. The average molecular weight is 272 g/mol. The molecular weight excluding hydrogens is 252 g/mol. The lowest BCUT2D eigenvalue weighted by molar-refractivity contribution is -0.134. The van der Waals surface area contributed by atoms with Crippen LogP contribution in [0, 0.1) is 0 Å². The minimum atomic E-state index is -0.356. The smallest absolute Gasteiger partial charge is 0.245 e. The summed E-state index contributed by atoms with van der Waals surface area (Å²) in [6.07, 6.45) is 3.95. The maximum Gasteiger partial charge on any atom is 0.245 e. The van der Waals surface area contributed by atoms with E-state index in [1.54, 1.807) is 0 Å². The van der Waals surface area contributed by atoms with Crippen molar-refractivity contribution in [3.63, 3.8) is 0 Å². The lowest BCUT2D eigenvalue weighted by Gasteiger charge is -2.24.